The summed E-state index contributed by atoms with van der Waals surface area (Å²) in [4.78, 5) is 10.7. The van der Waals surface area contributed by atoms with Crippen molar-refractivity contribution in [2.24, 2.45) is 5.73 Å². The van der Waals surface area contributed by atoms with E-state index >= 15 is 0 Å². The van der Waals surface area contributed by atoms with Crippen LogP contribution in [0.3, 0.4) is 0 Å². The van der Waals surface area contributed by atoms with Crippen molar-refractivity contribution in [2.75, 3.05) is 0 Å². The number of nitrogens with two attached hydrogens (primary N) is 1. The van der Waals surface area contributed by atoms with Crippen LogP contribution >= 0.6 is 0 Å². The summed E-state index contributed by atoms with van der Waals surface area (Å²) in [5.74, 6) is -0.708. The first-order chi connectivity index (χ1) is 5.90. The molecule has 0 aliphatic rings. The van der Waals surface area contributed by atoms with Crippen molar-refractivity contribution in [1.29, 1.82) is 0 Å². The number of hydrogen-bond acceptors (Lipinski definition) is 5. The summed E-state index contributed by atoms with van der Waals surface area (Å²) in [7, 11) is 0. The minimum atomic E-state index is -0.969. The van der Waals surface area contributed by atoms with Crippen LogP contribution in [-0.2, 0) is 6.42 Å². The number of amides is 1. The van der Waals surface area contributed by atoms with Gasteiger partial charge in [-0.3, -0.25) is 4.79 Å². The zero-order chi connectivity index (χ0) is 10.1. The summed E-state index contributed by atoms with van der Waals surface area (Å²) in [6.07, 6.45) is 0.175. The fraction of sp³-hybridized carbons (Fsp3) is 0.571. The first kappa shape index (κ1) is 9.66. The van der Waals surface area contributed by atoms with Crippen molar-refractivity contribution in [1.82, 2.24) is 10.3 Å². The Balaban J connectivity index is 2.89. The fourth-order valence-electron chi connectivity index (χ4n) is 0.919. The molecule has 0 aliphatic carbocycles. The predicted molar refractivity (Wildman–Crippen MR) is 42.8 cm³/mol. The van der Waals surface area contributed by atoms with Gasteiger partial charge in [-0.05, 0) is 19.0 Å². The van der Waals surface area contributed by atoms with Crippen molar-refractivity contribution in [3.8, 4) is 0 Å². The van der Waals surface area contributed by atoms with Crippen molar-refractivity contribution < 1.29 is 14.5 Å². The van der Waals surface area contributed by atoms with Gasteiger partial charge in [-0.25, -0.2) is 4.63 Å². The van der Waals surface area contributed by atoms with Crippen LogP contribution in [0.4, 0.5) is 0 Å². The smallest absolute Gasteiger partial charge is 0.272 e. The number of carbonyl (C=O) groups is 1. The topological polar surface area (TPSA) is 102 Å². The lowest BCUT2D eigenvalue weighted by atomic mass is 10.0. The third kappa shape index (κ3) is 2.51. The molecule has 6 nitrogen and oxygen atoms in total. The van der Waals surface area contributed by atoms with Crippen molar-refractivity contribution in [3.63, 3.8) is 0 Å². The molecule has 0 fully saturated rings. The number of nitrogens with zero attached hydrogens (tertiary/aromatic N) is 2. The van der Waals surface area contributed by atoms with Crippen LogP contribution < -0.4 is 5.73 Å². The van der Waals surface area contributed by atoms with Gasteiger partial charge in [0, 0.05) is 6.42 Å². The summed E-state index contributed by atoms with van der Waals surface area (Å²) < 4.78 is 4.34. The molecule has 6 heteroatoms. The van der Waals surface area contributed by atoms with Gasteiger partial charge >= 0.3 is 0 Å². The Bertz CT molecular complexity index is 313. The van der Waals surface area contributed by atoms with E-state index in [1.165, 1.54) is 0 Å². The second kappa shape index (κ2) is 3.14. The van der Waals surface area contributed by atoms with Crippen molar-refractivity contribution in [3.05, 3.63) is 11.4 Å². The fourth-order valence-corrected chi connectivity index (χ4v) is 0.919. The van der Waals surface area contributed by atoms with Crippen LogP contribution in [0.15, 0.2) is 4.63 Å². The monoisotopic (exact) mass is 185 g/mol. The Labute approximate surface area is 74.7 Å². The molecule has 0 unspecified atom stereocenters. The van der Waals surface area contributed by atoms with Gasteiger partial charge in [0.05, 0.1) is 5.60 Å². The van der Waals surface area contributed by atoms with E-state index in [0.717, 1.165) is 0 Å². The van der Waals surface area contributed by atoms with Crippen LogP contribution in [-0.4, -0.2) is 26.9 Å². The van der Waals surface area contributed by atoms with Gasteiger partial charge in [-0.2, -0.15) is 0 Å². The summed E-state index contributed by atoms with van der Waals surface area (Å²) in [5.41, 5.74) is 4.28. The number of carbonyl (C=O) groups excluding carboxylic acids is 1. The molecule has 0 saturated carbocycles. The highest BCUT2D eigenvalue weighted by atomic mass is 16.6. The first-order valence-corrected chi connectivity index (χ1v) is 3.74. The number of primary amides is 1. The quantitative estimate of drug-likeness (QED) is 0.659. The van der Waals surface area contributed by atoms with E-state index < -0.39 is 11.5 Å². The Morgan fingerprint density at radius 2 is 2.23 bits per heavy atom. The summed E-state index contributed by atoms with van der Waals surface area (Å²) in [6, 6.07) is 0. The standard InChI is InChI=1S/C7H11N3O3/c1-7(2,12)3-4-5(6(8)11)10-13-9-4/h12H,3H2,1-2H3,(H2,8,11). The highest BCUT2D eigenvalue weighted by Crippen LogP contribution is 2.12. The van der Waals surface area contributed by atoms with Gasteiger partial charge < -0.3 is 10.8 Å². The number of hydrogen-bond donors (Lipinski definition) is 2. The predicted octanol–water partition coefficient (Wildman–Crippen LogP) is -0.518. The maximum atomic E-state index is 10.7. The molecule has 0 aromatic carbocycles. The molecule has 0 saturated heterocycles. The molecule has 3 N–H and O–H groups in total. The molecule has 0 spiro atoms. The molecule has 0 radical (unpaired) electrons. The van der Waals surface area contributed by atoms with E-state index in [2.05, 4.69) is 14.9 Å². The lowest BCUT2D eigenvalue weighted by Crippen LogP contribution is -2.24. The lowest BCUT2D eigenvalue weighted by Gasteiger charge is -2.14. The molecule has 0 aliphatic heterocycles. The molecule has 1 rings (SSSR count). The largest absolute Gasteiger partial charge is 0.390 e. The Morgan fingerprint density at radius 1 is 1.62 bits per heavy atom. The second-order valence-electron chi connectivity index (χ2n) is 3.41. The molecule has 1 aromatic rings. The molecular formula is C7H11N3O3. The first-order valence-electron chi connectivity index (χ1n) is 3.74. The van der Waals surface area contributed by atoms with E-state index in [9.17, 15) is 9.90 Å². The average Bonchev–Trinajstić information content (AvgIpc) is 2.31. The van der Waals surface area contributed by atoms with E-state index in [1.54, 1.807) is 13.8 Å². The summed E-state index contributed by atoms with van der Waals surface area (Å²) >= 11 is 0. The van der Waals surface area contributed by atoms with Gasteiger partial charge in [-0.1, -0.05) is 5.16 Å². The highest BCUT2D eigenvalue weighted by molar-refractivity contribution is 5.91. The van der Waals surface area contributed by atoms with Gasteiger partial charge in [0.25, 0.3) is 5.91 Å². The molecule has 13 heavy (non-hydrogen) atoms. The summed E-state index contributed by atoms with van der Waals surface area (Å²) in [5, 5.41) is 16.2. The van der Waals surface area contributed by atoms with Crippen LogP contribution in [0.1, 0.15) is 30.0 Å². The average molecular weight is 185 g/mol. The molecule has 1 heterocycles. The van der Waals surface area contributed by atoms with Crippen LogP contribution in [0, 0.1) is 0 Å². The molecule has 1 amide bonds. The lowest BCUT2D eigenvalue weighted by molar-refractivity contribution is 0.0786. The number of aromatic nitrogens is 2. The number of aliphatic hydroxyl groups is 1. The molecule has 0 atom stereocenters. The van der Waals surface area contributed by atoms with Gasteiger partial charge in [0.15, 0.2) is 5.69 Å². The van der Waals surface area contributed by atoms with Gasteiger partial charge in [0.2, 0.25) is 0 Å². The normalized spacial score (nSPS) is 11.6. The van der Waals surface area contributed by atoms with E-state index in [-0.39, 0.29) is 17.8 Å². The molecule has 0 bridgehead atoms. The third-order valence-electron chi connectivity index (χ3n) is 1.39. The maximum absolute atomic E-state index is 10.7. The molecule has 72 valence electrons. The zero-order valence-corrected chi connectivity index (χ0v) is 7.44. The third-order valence-corrected chi connectivity index (χ3v) is 1.39. The van der Waals surface area contributed by atoms with Crippen molar-refractivity contribution >= 4 is 5.91 Å². The second-order valence-corrected chi connectivity index (χ2v) is 3.41. The number of rotatable bonds is 3. The molecular weight excluding hydrogens is 174 g/mol. The molecule has 1 aromatic heterocycles. The van der Waals surface area contributed by atoms with E-state index in [0.29, 0.717) is 0 Å². The Morgan fingerprint density at radius 3 is 2.69 bits per heavy atom. The SMILES string of the molecule is CC(C)(O)Cc1nonc1C(N)=O. The van der Waals surface area contributed by atoms with Crippen molar-refractivity contribution in [2.45, 2.75) is 25.9 Å². The van der Waals surface area contributed by atoms with Crippen LogP contribution in [0.2, 0.25) is 0 Å². The Hall–Kier alpha value is -1.43. The minimum absolute atomic E-state index is 0.0258. The maximum Gasteiger partial charge on any atom is 0.272 e. The minimum Gasteiger partial charge on any atom is -0.390 e. The van der Waals surface area contributed by atoms with Gasteiger partial charge in [0.1, 0.15) is 5.69 Å². The highest BCUT2D eigenvalue weighted by Gasteiger charge is 2.22. The van der Waals surface area contributed by atoms with Crippen LogP contribution in [0.5, 0.6) is 0 Å². The summed E-state index contributed by atoms with van der Waals surface area (Å²) in [6.45, 7) is 3.18. The Kier molecular flexibility index (Phi) is 2.33. The van der Waals surface area contributed by atoms with Gasteiger partial charge in [-0.15, -0.1) is 0 Å². The zero-order valence-electron chi connectivity index (χ0n) is 7.44. The van der Waals surface area contributed by atoms with E-state index in [4.69, 9.17) is 5.73 Å². The van der Waals surface area contributed by atoms with E-state index in [1.807, 2.05) is 0 Å². The van der Waals surface area contributed by atoms with Crippen LogP contribution in [0.25, 0.3) is 0 Å².